The molecule has 0 spiro atoms. The topological polar surface area (TPSA) is 25.8 Å². The van der Waals surface area contributed by atoms with E-state index in [0.717, 1.165) is 12.4 Å². The molecule has 0 aliphatic carbocycles. The second kappa shape index (κ2) is 2.92. The van der Waals surface area contributed by atoms with Crippen molar-refractivity contribution in [1.29, 1.82) is 0 Å². The summed E-state index contributed by atoms with van der Waals surface area (Å²) in [6.07, 6.45) is -2.20. The molecule has 0 N–H and O–H groups in total. The maximum absolute atomic E-state index is 11.8. The Bertz CT molecular complexity index is 243. The van der Waals surface area contributed by atoms with Crippen molar-refractivity contribution in [1.82, 2.24) is 9.97 Å². The molecule has 1 aromatic heterocycles. The van der Waals surface area contributed by atoms with Crippen LogP contribution < -0.4 is 0 Å². The summed E-state index contributed by atoms with van der Waals surface area (Å²) in [6, 6.07) is 0. The van der Waals surface area contributed by atoms with Crippen molar-refractivity contribution in [2.75, 3.05) is 0 Å². The zero-order valence-electron chi connectivity index (χ0n) is 5.06. The molecule has 0 radical (unpaired) electrons. The molecule has 0 saturated carbocycles. The minimum absolute atomic E-state index is 0.579. The van der Waals surface area contributed by atoms with Crippen LogP contribution in [-0.4, -0.2) is 9.97 Å². The first-order chi connectivity index (χ1) is 5.00. The van der Waals surface area contributed by atoms with Crippen molar-refractivity contribution in [3.8, 4) is 0 Å². The third kappa shape index (κ3) is 2.28. The number of rotatable bonds is 0. The number of halogens is 4. The van der Waals surface area contributed by atoms with Gasteiger partial charge in [-0.25, -0.2) is 9.97 Å². The molecule has 0 aliphatic rings. The first kappa shape index (κ1) is 8.69. The van der Waals surface area contributed by atoms with Gasteiger partial charge in [0.15, 0.2) is 0 Å². The first-order valence-electron chi connectivity index (χ1n) is 2.55. The van der Waals surface area contributed by atoms with Gasteiger partial charge in [-0.05, 0) is 22.6 Å². The van der Waals surface area contributed by atoms with Gasteiger partial charge in [0.05, 0.1) is 0 Å². The van der Waals surface area contributed by atoms with Crippen molar-refractivity contribution < 1.29 is 13.2 Å². The maximum atomic E-state index is 11.8. The van der Waals surface area contributed by atoms with Gasteiger partial charge in [-0.3, -0.25) is 0 Å². The molecule has 0 amide bonds. The largest absolute Gasteiger partial charge is 0.451 e. The van der Waals surface area contributed by atoms with Gasteiger partial charge >= 0.3 is 6.18 Å². The summed E-state index contributed by atoms with van der Waals surface area (Å²) in [5.41, 5.74) is 0. The van der Waals surface area contributed by atoms with Gasteiger partial charge in [0, 0.05) is 16.0 Å². The van der Waals surface area contributed by atoms with E-state index >= 15 is 0 Å². The molecule has 1 aromatic rings. The van der Waals surface area contributed by atoms with Crippen LogP contribution in [0.4, 0.5) is 13.2 Å². The lowest BCUT2D eigenvalue weighted by Gasteiger charge is -2.02. The number of alkyl halides is 3. The monoisotopic (exact) mass is 274 g/mol. The second-order valence-electron chi connectivity index (χ2n) is 1.72. The van der Waals surface area contributed by atoms with Crippen molar-refractivity contribution in [3.63, 3.8) is 0 Å². The number of aromatic nitrogens is 2. The van der Waals surface area contributed by atoms with E-state index < -0.39 is 12.0 Å². The molecule has 1 heterocycles. The fraction of sp³-hybridized carbons (Fsp3) is 0.200. The fourth-order valence-corrected chi connectivity index (χ4v) is 0.737. The van der Waals surface area contributed by atoms with E-state index in [2.05, 4.69) is 9.97 Å². The molecule has 0 unspecified atom stereocenters. The van der Waals surface area contributed by atoms with E-state index in [1.807, 2.05) is 22.6 Å². The van der Waals surface area contributed by atoms with Gasteiger partial charge in [0.25, 0.3) is 0 Å². The highest BCUT2D eigenvalue weighted by molar-refractivity contribution is 14.1. The number of nitrogens with zero attached hydrogens (tertiary/aromatic N) is 2. The van der Waals surface area contributed by atoms with Gasteiger partial charge < -0.3 is 0 Å². The lowest BCUT2D eigenvalue weighted by Crippen LogP contribution is -2.10. The van der Waals surface area contributed by atoms with Crippen LogP contribution in [0.2, 0.25) is 0 Å². The highest BCUT2D eigenvalue weighted by Gasteiger charge is 2.34. The van der Waals surface area contributed by atoms with Crippen LogP contribution >= 0.6 is 22.6 Å². The fourth-order valence-electron chi connectivity index (χ4n) is 0.459. The molecule has 6 heteroatoms. The standard InChI is InChI=1S/C5H2F3IN2/c6-5(7,8)4-10-1-3(9)2-11-4/h1-2H. The van der Waals surface area contributed by atoms with Crippen LogP contribution in [0, 0.1) is 3.57 Å². The molecule has 0 bridgehead atoms. The van der Waals surface area contributed by atoms with E-state index in [1.54, 1.807) is 0 Å². The summed E-state index contributed by atoms with van der Waals surface area (Å²) in [5, 5.41) is 0. The quantitative estimate of drug-likeness (QED) is 0.677. The zero-order valence-corrected chi connectivity index (χ0v) is 7.22. The van der Waals surface area contributed by atoms with Gasteiger partial charge in [0.1, 0.15) is 0 Å². The Morgan fingerprint density at radius 2 is 1.64 bits per heavy atom. The van der Waals surface area contributed by atoms with E-state index in [0.29, 0.717) is 3.57 Å². The third-order valence-corrected chi connectivity index (χ3v) is 1.43. The Morgan fingerprint density at radius 1 is 1.18 bits per heavy atom. The minimum atomic E-state index is -4.44. The van der Waals surface area contributed by atoms with Gasteiger partial charge in [-0.1, -0.05) is 0 Å². The van der Waals surface area contributed by atoms with E-state index in [-0.39, 0.29) is 0 Å². The summed E-state index contributed by atoms with van der Waals surface area (Å²) < 4.78 is 36.0. The highest BCUT2D eigenvalue weighted by Crippen LogP contribution is 2.25. The molecule has 0 aliphatic heterocycles. The SMILES string of the molecule is FC(F)(F)c1ncc(I)cn1. The lowest BCUT2D eigenvalue weighted by molar-refractivity contribution is -0.145. The molecule has 1 rings (SSSR count). The zero-order chi connectivity index (χ0) is 8.48. The average molecular weight is 274 g/mol. The van der Waals surface area contributed by atoms with Gasteiger partial charge in [-0.2, -0.15) is 13.2 Å². The summed E-state index contributed by atoms with van der Waals surface area (Å²) in [7, 11) is 0. The molecule has 0 aromatic carbocycles. The van der Waals surface area contributed by atoms with Crippen LogP contribution in [0.25, 0.3) is 0 Å². The Morgan fingerprint density at radius 3 is 2.00 bits per heavy atom. The number of hydrogen-bond donors (Lipinski definition) is 0. The van der Waals surface area contributed by atoms with Crippen molar-refractivity contribution in [2.24, 2.45) is 0 Å². The van der Waals surface area contributed by atoms with Crippen molar-refractivity contribution in [2.45, 2.75) is 6.18 Å². The molecular weight excluding hydrogens is 272 g/mol. The Hall–Kier alpha value is -0.400. The molecule has 11 heavy (non-hydrogen) atoms. The Labute approximate surface area is 74.0 Å². The predicted octanol–water partition coefficient (Wildman–Crippen LogP) is 2.10. The van der Waals surface area contributed by atoms with Crippen LogP contribution in [0.1, 0.15) is 5.82 Å². The number of hydrogen-bond acceptors (Lipinski definition) is 2. The second-order valence-corrected chi connectivity index (χ2v) is 2.97. The molecule has 2 nitrogen and oxygen atoms in total. The maximum Gasteiger partial charge on any atom is 0.451 e. The van der Waals surface area contributed by atoms with Gasteiger partial charge in [-0.15, -0.1) is 0 Å². The predicted molar refractivity (Wildman–Crippen MR) is 39.8 cm³/mol. The van der Waals surface area contributed by atoms with Crippen LogP contribution in [0.3, 0.4) is 0 Å². The summed E-state index contributed by atoms with van der Waals surface area (Å²) in [4.78, 5) is 6.21. The minimum Gasteiger partial charge on any atom is -0.232 e. The van der Waals surface area contributed by atoms with Crippen molar-refractivity contribution >= 4 is 22.6 Å². The Balaban J connectivity index is 2.99. The lowest BCUT2D eigenvalue weighted by atomic mass is 10.5. The highest BCUT2D eigenvalue weighted by atomic mass is 127. The van der Waals surface area contributed by atoms with Crippen LogP contribution in [-0.2, 0) is 6.18 Å². The summed E-state index contributed by atoms with van der Waals surface area (Å²) in [6.45, 7) is 0. The molecule has 0 atom stereocenters. The van der Waals surface area contributed by atoms with E-state index in [4.69, 9.17) is 0 Å². The third-order valence-electron chi connectivity index (χ3n) is 0.874. The van der Waals surface area contributed by atoms with Gasteiger partial charge in [0.2, 0.25) is 5.82 Å². The summed E-state index contributed by atoms with van der Waals surface area (Å²) >= 11 is 1.83. The van der Waals surface area contributed by atoms with Crippen LogP contribution in [0.5, 0.6) is 0 Å². The molecule has 60 valence electrons. The van der Waals surface area contributed by atoms with Crippen molar-refractivity contribution in [3.05, 3.63) is 21.8 Å². The summed E-state index contributed by atoms with van der Waals surface area (Å²) in [5.74, 6) is -1.10. The normalized spacial score (nSPS) is 11.6. The smallest absolute Gasteiger partial charge is 0.232 e. The Kier molecular flexibility index (Phi) is 2.31. The van der Waals surface area contributed by atoms with Crippen LogP contribution in [0.15, 0.2) is 12.4 Å². The molecular formula is C5H2F3IN2. The first-order valence-corrected chi connectivity index (χ1v) is 3.63. The average Bonchev–Trinajstić information content (AvgIpc) is 1.86. The molecule has 0 saturated heterocycles. The van der Waals surface area contributed by atoms with E-state index in [1.165, 1.54) is 0 Å². The van der Waals surface area contributed by atoms with E-state index in [9.17, 15) is 13.2 Å². The molecule has 0 fully saturated rings.